The Balaban J connectivity index is 2.47. The van der Waals surface area contributed by atoms with Crippen LogP contribution >= 0.6 is 15.9 Å². The van der Waals surface area contributed by atoms with Crippen LogP contribution in [0.2, 0.25) is 0 Å². The normalized spacial score (nSPS) is 14.8. The molecule has 0 radical (unpaired) electrons. The number of rotatable bonds is 0. The zero-order valence-corrected chi connectivity index (χ0v) is 8.13. The molecule has 62 valence electrons. The van der Waals surface area contributed by atoms with Gasteiger partial charge in [0.15, 0.2) is 0 Å². The SMILES string of the molecule is Brc1ccc2c(c1)C=NCCN2. The van der Waals surface area contributed by atoms with Gasteiger partial charge in [-0.3, -0.25) is 4.99 Å². The predicted octanol–water partition coefficient (Wildman–Crippen LogP) is 2.29. The van der Waals surface area contributed by atoms with E-state index in [1.54, 1.807) is 0 Å². The van der Waals surface area contributed by atoms with E-state index in [-0.39, 0.29) is 0 Å². The quantitative estimate of drug-likeness (QED) is 0.719. The fraction of sp³-hybridized carbons (Fsp3) is 0.222. The van der Waals surface area contributed by atoms with E-state index >= 15 is 0 Å². The first kappa shape index (κ1) is 7.80. The summed E-state index contributed by atoms with van der Waals surface area (Å²) in [7, 11) is 0. The van der Waals surface area contributed by atoms with Gasteiger partial charge < -0.3 is 5.32 Å². The van der Waals surface area contributed by atoms with Crippen molar-refractivity contribution in [3.8, 4) is 0 Å². The molecule has 0 bridgehead atoms. The summed E-state index contributed by atoms with van der Waals surface area (Å²) >= 11 is 3.43. The average Bonchev–Trinajstić information content (AvgIpc) is 2.28. The highest BCUT2D eigenvalue weighted by Gasteiger charge is 2.02. The first-order valence-corrected chi connectivity index (χ1v) is 4.69. The number of hydrogen-bond acceptors (Lipinski definition) is 2. The van der Waals surface area contributed by atoms with E-state index in [9.17, 15) is 0 Å². The average molecular weight is 225 g/mol. The molecule has 0 aliphatic carbocycles. The van der Waals surface area contributed by atoms with Gasteiger partial charge in [-0.1, -0.05) is 15.9 Å². The van der Waals surface area contributed by atoms with Crippen molar-refractivity contribution in [2.75, 3.05) is 18.4 Å². The summed E-state index contributed by atoms with van der Waals surface area (Å²) in [4.78, 5) is 4.24. The molecule has 0 saturated heterocycles. The highest BCUT2D eigenvalue weighted by molar-refractivity contribution is 9.10. The van der Waals surface area contributed by atoms with E-state index in [1.807, 2.05) is 12.3 Å². The van der Waals surface area contributed by atoms with Gasteiger partial charge in [0.05, 0.1) is 6.54 Å². The summed E-state index contributed by atoms with van der Waals surface area (Å²) in [5.41, 5.74) is 2.32. The number of nitrogens with one attached hydrogen (secondary N) is 1. The van der Waals surface area contributed by atoms with Crippen LogP contribution in [-0.4, -0.2) is 19.3 Å². The van der Waals surface area contributed by atoms with Crippen molar-refractivity contribution in [2.45, 2.75) is 0 Å². The largest absolute Gasteiger partial charge is 0.383 e. The van der Waals surface area contributed by atoms with Gasteiger partial charge in [-0.25, -0.2) is 0 Å². The van der Waals surface area contributed by atoms with Crippen LogP contribution in [0, 0.1) is 0 Å². The van der Waals surface area contributed by atoms with E-state index in [0.29, 0.717) is 0 Å². The second kappa shape index (κ2) is 3.27. The van der Waals surface area contributed by atoms with Crippen molar-refractivity contribution in [2.24, 2.45) is 4.99 Å². The minimum Gasteiger partial charge on any atom is -0.383 e. The smallest absolute Gasteiger partial charge is 0.0562 e. The van der Waals surface area contributed by atoms with Crippen LogP contribution in [-0.2, 0) is 0 Å². The van der Waals surface area contributed by atoms with Crippen molar-refractivity contribution < 1.29 is 0 Å². The first-order valence-electron chi connectivity index (χ1n) is 3.89. The Kier molecular flexibility index (Phi) is 2.13. The molecule has 1 N–H and O–H groups in total. The number of benzene rings is 1. The molecule has 1 aliphatic heterocycles. The number of hydrogen-bond donors (Lipinski definition) is 1. The molecular formula is C9H9BrN2. The summed E-state index contributed by atoms with van der Waals surface area (Å²) in [6.07, 6.45) is 1.92. The fourth-order valence-electron chi connectivity index (χ4n) is 1.22. The monoisotopic (exact) mass is 224 g/mol. The van der Waals surface area contributed by atoms with E-state index in [1.165, 1.54) is 5.69 Å². The maximum absolute atomic E-state index is 4.24. The lowest BCUT2D eigenvalue weighted by Gasteiger charge is -2.04. The molecule has 0 spiro atoms. The first-order chi connectivity index (χ1) is 5.86. The number of fused-ring (bicyclic) bond motifs is 1. The summed E-state index contributed by atoms with van der Waals surface area (Å²) in [6.45, 7) is 1.78. The maximum atomic E-state index is 4.24. The Morgan fingerprint density at radius 3 is 3.25 bits per heavy atom. The van der Waals surface area contributed by atoms with Crippen molar-refractivity contribution in [3.63, 3.8) is 0 Å². The minimum atomic E-state index is 0.853. The van der Waals surface area contributed by atoms with Crippen LogP contribution < -0.4 is 5.32 Å². The second-order valence-electron chi connectivity index (χ2n) is 2.69. The Morgan fingerprint density at radius 1 is 1.42 bits per heavy atom. The van der Waals surface area contributed by atoms with Crippen molar-refractivity contribution >= 4 is 27.8 Å². The summed E-state index contributed by atoms with van der Waals surface area (Å²) in [5, 5.41) is 3.31. The number of halogens is 1. The van der Waals surface area contributed by atoms with E-state index < -0.39 is 0 Å². The third-order valence-corrected chi connectivity index (χ3v) is 2.29. The van der Waals surface area contributed by atoms with E-state index in [2.05, 4.69) is 38.4 Å². The van der Waals surface area contributed by atoms with Gasteiger partial charge in [0.1, 0.15) is 0 Å². The maximum Gasteiger partial charge on any atom is 0.0562 e. The Bertz CT molecular complexity index is 320. The molecule has 2 nitrogen and oxygen atoms in total. The minimum absolute atomic E-state index is 0.853. The lowest BCUT2D eigenvalue weighted by Crippen LogP contribution is -2.02. The van der Waals surface area contributed by atoms with Gasteiger partial charge in [-0.2, -0.15) is 0 Å². The summed E-state index contributed by atoms with van der Waals surface area (Å²) in [6, 6.07) is 6.17. The van der Waals surface area contributed by atoms with E-state index in [0.717, 1.165) is 23.1 Å². The van der Waals surface area contributed by atoms with Crippen molar-refractivity contribution in [1.82, 2.24) is 0 Å². The van der Waals surface area contributed by atoms with Gasteiger partial charge in [-0.05, 0) is 18.2 Å². The molecule has 0 fully saturated rings. The fourth-order valence-corrected chi connectivity index (χ4v) is 1.60. The molecule has 0 aromatic heterocycles. The van der Waals surface area contributed by atoms with Gasteiger partial charge >= 0.3 is 0 Å². The van der Waals surface area contributed by atoms with Crippen molar-refractivity contribution in [1.29, 1.82) is 0 Å². The third-order valence-electron chi connectivity index (χ3n) is 1.80. The lowest BCUT2D eigenvalue weighted by molar-refractivity contribution is 1.04. The number of anilines is 1. The highest BCUT2D eigenvalue weighted by atomic mass is 79.9. The summed E-state index contributed by atoms with van der Waals surface area (Å²) in [5.74, 6) is 0. The van der Waals surface area contributed by atoms with Crippen LogP contribution in [0.4, 0.5) is 5.69 Å². The van der Waals surface area contributed by atoms with Gasteiger partial charge in [0.25, 0.3) is 0 Å². The van der Waals surface area contributed by atoms with Gasteiger partial charge in [0, 0.05) is 28.5 Å². The standard InChI is InChI=1S/C9H9BrN2/c10-8-1-2-9-7(5-8)6-11-3-4-12-9/h1-2,5-6,12H,3-4H2. The lowest BCUT2D eigenvalue weighted by atomic mass is 10.2. The number of aliphatic imine (C=N–C) groups is 1. The molecule has 0 amide bonds. The molecule has 1 aliphatic rings. The number of benzodiazepines with no additional fused rings is 1. The molecular weight excluding hydrogens is 216 g/mol. The molecule has 1 aromatic rings. The highest BCUT2D eigenvalue weighted by Crippen LogP contribution is 2.20. The van der Waals surface area contributed by atoms with E-state index in [4.69, 9.17) is 0 Å². The Labute approximate surface area is 79.8 Å². The molecule has 1 aromatic carbocycles. The summed E-state index contributed by atoms with van der Waals surface area (Å²) < 4.78 is 1.09. The van der Waals surface area contributed by atoms with Crippen LogP contribution in [0.3, 0.4) is 0 Å². The third kappa shape index (κ3) is 1.50. The molecule has 0 saturated carbocycles. The van der Waals surface area contributed by atoms with Crippen molar-refractivity contribution in [3.05, 3.63) is 28.2 Å². The van der Waals surface area contributed by atoms with Gasteiger partial charge in [0.2, 0.25) is 0 Å². The molecule has 0 unspecified atom stereocenters. The molecule has 2 rings (SSSR count). The molecule has 12 heavy (non-hydrogen) atoms. The van der Waals surface area contributed by atoms with Crippen LogP contribution in [0.25, 0.3) is 0 Å². The van der Waals surface area contributed by atoms with Gasteiger partial charge in [-0.15, -0.1) is 0 Å². The Morgan fingerprint density at radius 2 is 2.33 bits per heavy atom. The second-order valence-corrected chi connectivity index (χ2v) is 3.61. The molecule has 0 atom stereocenters. The molecule has 1 heterocycles. The molecule has 3 heteroatoms. The predicted molar refractivity (Wildman–Crippen MR) is 55.1 cm³/mol. The topological polar surface area (TPSA) is 24.4 Å². The number of nitrogens with zero attached hydrogens (tertiary/aromatic N) is 1. The van der Waals surface area contributed by atoms with Crippen LogP contribution in [0.1, 0.15) is 5.56 Å². The van der Waals surface area contributed by atoms with Crippen LogP contribution in [0.5, 0.6) is 0 Å². The zero-order valence-electron chi connectivity index (χ0n) is 6.55. The van der Waals surface area contributed by atoms with Crippen LogP contribution in [0.15, 0.2) is 27.7 Å². The zero-order chi connectivity index (χ0) is 8.39. The Hall–Kier alpha value is -0.830.